The zero-order valence-corrected chi connectivity index (χ0v) is 18.9. The van der Waals surface area contributed by atoms with Gasteiger partial charge in [0.05, 0.1) is 6.10 Å². The van der Waals surface area contributed by atoms with Crippen molar-refractivity contribution in [1.29, 1.82) is 0 Å². The van der Waals surface area contributed by atoms with Crippen molar-refractivity contribution in [2.75, 3.05) is 59.7 Å². The third-order valence-electron chi connectivity index (χ3n) is 5.00. The highest BCUT2D eigenvalue weighted by atomic mass is 127. The molecule has 0 aliphatic carbocycles. The van der Waals surface area contributed by atoms with Gasteiger partial charge in [-0.1, -0.05) is 0 Å². The summed E-state index contributed by atoms with van der Waals surface area (Å²) < 4.78 is 16.7. The number of nitrogens with zero attached hydrogens (tertiary/aromatic N) is 2. The first-order valence-electron chi connectivity index (χ1n) is 10.1. The van der Waals surface area contributed by atoms with Gasteiger partial charge in [0, 0.05) is 59.7 Å². The summed E-state index contributed by atoms with van der Waals surface area (Å²) in [7, 11) is 2.14. The number of hydrogen-bond acceptors (Lipinski definition) is 4. The van der Waals surface area contributed by atoms with Crippen LogP contribution in [-0.2, 0) is 14.2 Å². The number of halogens is 1. The highest BCUT2D eigenvalue weighted by molar-refractivity contribution is 14.0. The lowest BCUT2D eigenvalue weighted by atomic mass is 9.96. The number of guanidine groups is 1. The molecule has 2 rings (SSSR count). The van der Waals surface area contributed by atoms with Crippen LogP contribution in [0.1, 0.15) is 45.4 Å². The van der Waals surface area contributed by atoms with Crippen LogP contribution in [-0.4, -0.2) is 76.7 Å². The van der Waals surface area contributed by atoms with Gasteiger partial charge in [0.2, 0.25) is 0 Å². The molecule has 0 saturated carbocycles. The molecule has 1 N–H and O–H groups in total. The summed E-state index contributed by atoms with van der Waals surface area (Å²) in [6.45, 7) is 9.21. The average molecular weight is 483 g/mol. The highest BCUT2D eigenvalue weighted by Gasteiger charge is 2.16. The normalized spacial score (nSPS) is 19.8. The molecule has 0 unspecified atom stereocenters. The van der Waals surface area contributed by atoms with Crippen LogP contribution in [0.3, 0.4) is 0 Å². The fourth-order valence-electron chi connectivity index (χ4n) is 3.33. The van der Waals surface area contributed by atoms with E-state index in [1.165, 1.54) is 19.3 Å². The van der Waals surface area contributed by atoms with Crippen molar-refractivity contribution in [2.24, 2.45) is 10.9 Å². The fourth-order valence-corrected chi connectivity index (χ4v) is 3.33. The average Bonchev–Trinajstić information content (AvgIpc) is 2.66. The minimum absolute atomic E-state index is 0. The molecule has 0 atom stereocenters. The Morgan fingerprint density at radius 2 is 1.77 bits per heavy atom. The molecular formula is C19H38IN3O3. The van der Waals surface area contributed by atoms with Crippen LogP contribution >= 0.6 is 24.0 Å². The lowest BCUT2D eigenvalue weighted by molar-refractivity contribution is -0.0318. The first-order chi connectivity index (χ1) is 12.3. The second-order valence-electron chi connectivity index (χ2n) is 7.04. The first kappa shape index (κ1) is 23.9. The van der Waals surface area contributed by atoms with E-state index in [-0.39, 0.29) is 24.0 Å². The monoisotopic (exact) mass is 483 g/mol. The maximum Gasteiger partial charge on any atom is 0.193 e. The van der Waals surface area contributed by atoms with Crippen molar-refractivity contribution in [2.45, 2.75) is 51.6 Å². The van der Waals surface area contributed by atoms with Crippen molar-refractivity contribution in [1.82, 2.24) is 10.2 Å². The van der Waals surface area contributed by atoms with Crippen LogP contribution in [0.4, 0.5) is 0 Å². The van der Waals surface area contributed by atoms with Crippen molar-refractivity contribution >= 4 is 29.9 Å². The van der Waals surface area contributed by atoms with Crippen molar-refractivity contribution in [3.8, 4) is 0 Å². The van der Waals surface area contributed by atoms with Gasteiger partial charge in [0.1, 0.15) is 0 Å². The minimum Gasteiger partial charge on any atom is -0.381 e. The van der Waals surface area contributed by atoms with Crippen LogP contribution in [0.2, 0.25) is 0 Å². The summed E-state index contributed by atoms with van der Waals surface area (Å²) in [6.07, 6.45) is 7.03. The summed E-state index contributed by atoms with van der Waals surface area (Å²) in [4.78, 5) is 7.02. The van der Waals surface area contributed by atoms with Crippen LogP contribution in [0.5, 0.6) is 0 Å². The van der Waals surface area contributed by atoms with Gasteiger partial charge in [0.15, 0.2) is 5.96 Å². The summed E-state index contributed by atoms with van der Waals surface area (Å²) in [6, 6.07) is 0. The van der Waals surface area contributed by atoms with Crippen LogP contribution in [0.25, 0.3) is 0 Å². The zero-order valence-electron chi connectivity index (χ0n) is 16.6. The molecule has 0 aromatic carbocycles. The smallest absolute Gasteiger partial charge is 0.193 e. The van der Waals surface area contributed by atoms with Gasteiger partial charge in [-0.05, 0) is 51.4 Å². The molecular weight excluding hydrogens is 445 g/mol. The van der Waals surface area contributed by atoms with E-state index in [2.05, 4.69) is 24.2 Å². The predicted octanol–water partition coefficient (Wildman–Crippen LogP) is 2.90. The van der Waals surface area contributed by atoms with E-state index >= 15 is 0 Å². The van der Waals surface area contributed by atoms with Crippen LogP contribution < -0.4 is 5.32 Å². The molecule has 7 heteroatoms. The molecule has 2 heterocycles. The number of nitrogens with one attached hydrogen (secondary N) is 1. The van der Waals surface area contributed by atoms with Crippen molar-refractivity contribution in [3.63, 3.8) is 0 Å². The largest absolute Gasteiger partial charge is 0.381 e. The standard InChI is InChI=1S/C19H37N3O3.HI/c1-3-20-19(22(2)11-5-17-6-13-23-14-7-17)21-10-4-12-25-18-8-15-24-16-9-18;/h17-18H,3-16H2,1-2H3,(H,20,21);1H. The number of rotatable bonds is 9. The Labute approximate surface area is 176 Å². The third kappa shape index (κ3) is 9.71. The van der Waals surface area contributed by atoms with Gasteiger partial charge in [-0.15, -0.1) is 24.0 Å². The van der Waals surface area contributed by atoms with E-state index in [1.54, 1.807) is 0 Å². The zero-order chi connectivity index (χ0) is 17.7. The van der Waals surface area contributed by atoms with Gasteiger partial charge < -0.3 is 24.4 Å². The molecule has 2 aliphatic heterocycles. The lowest BCUT2D eigenvalue weighted by Crippen LogP contribution is -2.40. The molecule has 0 aromatic rings. The Morgan fingerprint density at radius 1 is 1.12 bits per heavy atom. The summed E-state index contributed by atoms with van der Waals surface area (Å²) in [5.41, 5.74) is 0. The molecule has 154 valence electrons. The van der Waals surface area contributed by atoms with E-state index in [1.807, 2.05) is 0 Å². The Hall–Kier alpha value is -0.120. The second-order valence-corrected chi connectivity index (χ2v) is 7.04. The molecule has 0 spiro atoms. The van der Waals surface area contributed by atoms with Gasteiger partial charge in [0.25, 0.3) is 0 Å². The minimum atomic E-state index is 0. The van der Waals surface area contributed by atoms with E-state index in [0.29, 0.717) is 6.10 Å². The third-order valence-corrected chi connectivity index (χ3v) is 5.00. The quantitative estimate of drug-likeness (QED) is 0.237. The Bertz CT molecular complexity index is 373. The molecule has 0 radical (unpaired) electrons. The Morgan fingerprint density at radius 3 is 2.42 bits per heavy atom. The molecule has 2 aliphatic rings. The predicted molar refractivity (Wildman–Crippen MR) is 117 cm³/mol. The number of aliphatic imine (C=N–C) groups is 1. The van der Waals surface area contributed by atoms with E-state index in [4.69, 9.17) is 19.2 Å². The first-order valence-corrected chi connectivity index (χ1v) is 10.1. The van der Waals surface area contributed by atoms with E-state index in [0.717, 1.165) is 83.8 Å². The molecule has 2 fully saturated rings. The van der Waals surface area contributed by atoms with E-state index < -0.39 is 0 Å². The number of hydrogen-bond donors (Lipinski definition) is 1. The number of ether oxygens (including phenoxy) is 3. The lowest BCUT2D eigenvalue weighted by Gasteiger charge is -2.27. The fraction of sp³-hybridized carbons (Fsp3) is 0.947. The van der Waals surface area contributed by atoms with Gasteiger partial charge in [-0.3, -0.25) is 4.99 Å². The molecule has 2 saturated heterocycles. The molecule has 0 aromatic heterocycles. The molecule has 26 heavy (non-hydrogen) atoms. The maximum atomic E-state index is 5.92. The van der Waals surface area contributed by atoms with Crippen LogP contribution in [0, 0.1) is 5.92 Å². The topological polar surface area (TPSA) is 55.3 Å². The molecule has 0 bridgehead atoms. The van der Waals surface area contributed by atoms with Crippen molar-refractivity contribution in [3.05, 3.63) is 0 Å². The van der Waals surface area contributed by atoms with Crippen molar-refractivity contribution < 1.29 is 14.2 Å². The van der Waals surface area contributed by atoms with Gasteiger partial charge in [-0.25, -0.2) is 0 Å². The second kappa shape index (κ2) is 14.9. The summed E-state index contributed by atoms with van der Waals surface area (Å²) in [5.74, 6) is 1.81. The Balaban J connectivity index is 0.00000338. The SMILES string of the molecule is CCNC(=NCCCOC1CCOCC1)N(C)CCC1CCOCC1.I. The van der Waals surface area contributed by atoms with E-state index in [9.17, 15) is 0 Å². The van der Waals surface area contributed by atoms with Gasteiger partial charge >= 0.3 is 0 Å². The molecule has 0 amide bonds. The summed E-state index contributed by atoms with van der Waals surface area (Å²) >= 11 is 0. The van der Waals surface area contributed by atoms with Gasteiger partial charge in [-0.2, -0.15) is 0 Å². The summed E-state index contributed by atoms with van der Waals surface area (Å²) in [5, 5.41) is 3.40. The highest BCUT2D eigenvalue weighted by Crippen LogP contribution is 2.18. The van der Waals surface area contributed by atoms with Crippen LogP contribution in [0.15, 0.2) is 4.99 Å². The maximum absolute atomic E-state index is 5.92. The Kier molecular flexibility index (Phi) is 13.7. The molecule has 6 nitrogen and oxygen atoms in total.